The smallest absolute Gasteiger partial charge is 0.337 e. The summed E-state index contributed by atoms with van der Waals surface area (Å²) >= 11 is 5.76. The van der Waals surface area contributed by atoms with Crippen molar-refractivity contribution in [3.63, 3.8) is 0 Å². The number of nitrogens with one attached hydrogen (secondary N) is 1. The Morgan fingerprint density at radius 2 is 1.81 bits per heavy atom. The first kappa shape index (κ1) is 15.0. The number of carboxylic acid groups (broad SMARTS) is 1. The predicted octanol–water partition coefficient (Wildman–Crippen LogP) is 2.68. The molecule has 2 rings (SSSR count). The Bertz CT molecular complexity index is 674. The van der Waals surface area contributed by atoms with Crippen LogP contribution in [-0.4, -0.2) is 17.0 Å². The average molecular weight is 305 g/mol. The van der Waals surface area contributed by atoms with Gasteiger partial charge in [0.05, 0.1) is 11.3 Å². The number of carbonyl (C=O) groups excluding carboxylic acids is 1. The summed E-state index contributed by atoms with van der Waals surface area (Å²) in [6.45, 7) is 0. The van der Waals surface area contributed by atoms with E-state index in [1.54, 1.807) is 24.3 Å². The summed E-state index contributed by atoms with van der Waals surface area (Å²) in [7, 11) is 0. The van der Waals surface area contributed by atoms with Gasteiger partial charge in [0.25, 0.3) is 0 Å². The molecule has 1 atom stereocenters. The van der Waals surface area contributed by atoms with Gasteiger partial charge in [-0.1, -0.05) is 41.9 Å². The summed E-state index contributed by atoms with van der Waals surface area (Å²) < 4.78 is 0. The van der Waals surface area contributed by atoms with Crippen LogP contribution in [0.25, 0.3) is 0 Å². The fraction of sp³-hybridized carbons (Fsp3) is 0.0667. The molecule has 0 spiro atoms. The highest BCUT2D eigenvalue weighted by Gasteiger charge is 2.18. The van der Waals surface area contributed by atoms with Gasteiger partial charge in [0.2, 0.25) is 5.91 Å². The molecular formula is C15H13ClN2O3. The lowest BCUT2D eigenvalue weighted by Gasteiger charge is -2.14. The monoisotopic (exact) mass is 304 g/mol. The van der Waals surface area contributed by atoms with Crippen molar-refractivity contribution >= 4 is 29.2 Å². The van der Waals surface area contributed by atoms with E-state index in [4.69, 9.17) is 22.4 Å². The van der Waals surface area contributed by atoms with E-state index in [-0.39, 0.29) is 16.3 Å². The van der Waals surface area contributed by atoms with Gasteiger partial charge < -0.3 is 16.2 Å². The first-order chi connectivity index (χ1) is 9.99. The van der Waals surface area contributed by atoms with Gasteiger partial charge in [0, 0.05) is 5.02 Å². The number of hydrogen-bond acceptors (Lipinski definition) is 3. The van der Waals surface area contributed by atoms with Crippen LogP contribution in [0, 0.1) is 0 Å². The van der Waals surface area contributed by atoms with Gasteiger partial charge >= 0.3 is 5.97 Å². The highest BCUT2D eigenvalue weighted by atomic mass is 35.5. The van der Waals surface area contributed by atoms with E-state index >= 15 is 0 Å². The highest BCUT2D eigenvalue weighted by Crippen LogP contribution is 2.22. The molecule has 0 heterocycles. The topological polar surface area (TPSA) is 92.4 Å². The molecule has 6 heteroatoms. The summed E-state index contributed by atoms with van der Waals surface area (Å²) in [5.41, 5.74) is 6.57. The summed E-state index contributed by atoms with van der Waals surface area (Å²) in [5.74, 6) is -1.67. The maximum atomic E-state index is 12.1. The van der Waals surface area contributed by atoms with E-state index in [1.165, 1.54) is 18.2 Å². The summed E-state index contributed by atoms with van der Waals surface area (Å²) in [6.07, 6.45) is 0. The Labute approximate surface area is 126 Å². The van der Waals surface area contributed by atoms with Gasteiger partial charge in [-0.3, -0.25) is 4.79 Å². The van der Waals surface area contributed by atoms with Crippen LogP contribution in [0.3, 0.4) is 0 Å². The minimum absolute atomic E-state index is 0.0869. The molecule has 0 fully saturated rings. The predicted molar refractivity (Wildman–Crippen MR) is 80.4 cm³/mol. The molecule has 1 amide bonds. The zero-order valence-corrected chi connectivity index (χ0v) is 11.7. The molecule has 2 aromatic carbocycles. The maximum Gasteiger partial charge on any atom is 0.337 e. The molecule has 2 aromatic rings. The van der Waals surface area contributed by atoms with Crippen molar-refractivity contribution in [2.75, 3.05) is 5.32 Å². The molecule has 5 nitrogen and oxygen atoms in total. The molecule has 0 aromatic heterocycles. The Morgan fingerprint density at radius 3 is 2.43 bits per heavy atom. The molecule has 0 saturated carbocycles. The SMILES string of the molecule is NC(C(=O)Nc1ccc(Cl)cc1C(=O)O)c1ccccc1. The second-order valence-electron chi connectivity index (χ2n) is 4.37. The Kier molecular flexibility index (Phi) is 4.57. The maximum absolute atomic E-state index is 12.1. The summed E-state index contributed by atoms with van der Waals surface area (Å²) in [5, 5.41) is 11.9. The second kappa shape index (κ2) is 6.39. The van der Waals surface area contributed by atoms with Crippen LogP contribution in [0.2, 0.25) is 5.02 Å². The molecule has 108 valence electrons. The lowest BCUT2D eigenvalue weighted by Crippen LogP contribution is -2.28. The van der Waals surface area contributed by atoms with Crippen LogP contribution in [-0.2, 0) is 4.79 Å². The molecule has 4 N–H and O–H groups in total. The number of aromatic carboxylic acids is 1. The lowest BCUT2D eigenvalue weighted by atomic mass is 10.1. The highest BCUT2D eigenvalue weighted by molar-refractivity contribution is 6.31. The number of halogens is 1. The quantitative estimate of drug-likeness (QED) is 0.809. The molecule has 0 radical (unpaired) electrons. The van der Waals surface area contributed by atoms with Crippen molar-refractivity contribution in [2.24, 2.45) is 5.73 Å². The van der Waals surface area contributed by atoms with Crippen LogP contribution in [0.1, 0.15) is 22.0 Å². The number of anilines is 1. The molecular weight excluding hydrogens is 292 g/mol. The average Bonchev–Trinajstić information content (AvgIpc) is 2.49. The Balaban J connectivity index is 2.22. The van der Waals surface area contributed by atoms with Gasteiger partial charge in [-0.25, -0.2) is 4.79 Å². The zero-order valence-electron chi connectivity index (χ0n) is 10.9. The van der Waals surface area contributed by atoms with Crippen molar-refractivity contribution in [3.05, 3.63) is 64.7 Å². The molecule has 0 saturated heterocycles. The second-order valence-corrected chi connectivity index (χ2v) is 4.81. The van der Waals surface area contributed by atoms with E-state index < -0.39 is 17.9 Å². The summed E-state index contributed by atoms with van der Waals surface area (Å²) in [6, 6.07) is 12.1. The fourth-order valence-electron chi connectivity index (χ4n) is 1.82. The standard InChI is InChI=1S/C15H13ClN2O3/c16-10-6-7-12(11(8-10)15(20)21)18-14(19)13(17)9-4-2-1-3-5-9/h1-8,13H,17H2,(H,18,19)(H,20,21). The first-order valence-corrected chi connectivity index (χ1v) is 6.51. The number of carbonyl (C=O) groups is 2. The number of nitrogens with two attached hydrogens (primary N) is 1. The molecule has 21 heavy (non-hydrogen) atoms. The Morgan fingerprint density at radius 1 is 1.14 bits per heavy atom. The van der Waals surface area contributed by atoms with E-state index in [0.29, 0.717) is 5.56 Å². The van der Waals surface area contributed by atoms with Crippen LogP contribution < -0.4 is 11.1 Å². The summed E-state index contributed by atoms with van der Waals surface area (Å²) in [4.78, 5) is 23.3. The Hall–Kier alpha value is -2.37. The largest absolute Gasteiger partial charge is 0.478 e. The van der Waals surface area contributed by atoms with E-state index in [1.807, 2.05) is 6.07 Å². The van der Waals surface area contributed by atoms with Crippen LogP contribution in [0.15, 0.2) is 48.5 Å². The van der Waals surface area contributed by atoms with Crippen LogP contribution >= 0.6 is 11.6 Å². The van der Waals surface area contributed by atoms with E-state index in [9.17, 15) is 9.59 Å². The van der Waals surface area contributed by atoms with Gasteiger partial charge in [0.1, 0.15) is 6.04 Å². The van der Waals surface area contributed by atoms with Gasteiger partial charge in [-0.15, -0.1) is 0 Å². The van der Waals surface area contributed by atoms with Crippen molar-refractivity contribution < 1.29 is 14.7 Å². The number of benzene rings is 2. The third-order valence-electron chi connectivity index (χ3n) is 2.91. The van der Waals surface area contributed by atoms with Gasteiger partial charge in [-0.05, 0) is 23.8 Å². The third kappa shape index (κ3) is 3.59. The third-order valence-corrected chi connectivity index (χ3v) is 3.15. The minimum atomic E-state index is -1.18. The first-order valence-electron chi connectivity index (χ1n) is 6.13. The van der Waals surface area contributed by atoms with E-state index in [2.05, 4.69) is 5.32 Å². The molecule has 0 aliphatic carbocycles. The zero-order chi connectivity index (χ0) is 15.4. The molecule has 1 unspecified atom stereocenters. The lowest BCUT2D eigenvalue weighted by molar-refractivity contribution is -0.117. The van der Waals surface area contributed by atoms with Crippen LogP contribution in [0.5, 0.6) is 0 Å². The number of hydrogen-bond donors (Lipinski definition) is 3. The van der Waals surface area contributed by atoms with Gasteiger partial charge in [0.15, 0.2) is 0 Å². The number of amides is 1. The number of rotatable bonds is 4. The molecule has 0 bridgehead atoms. The van der Waals surface area contributed by atoms with Crippen molar-refractivity contribution in [2.45, 2.75) is 6.04 Å². The molecule has 0 aliphatic heterocycles. The van der Waals surface area contributed by atoms with Gasteiger partial charge in [-0.2, -0.15) is 0 Å². The van der Waals surface area contributed by atoms with Crippen molar-refractivity contribution in [1.29, 1.82) is 0 Å². The minimum Gasteiger partial charge on any atom is -0.478 e. The molecule has 0 aliphatic rings. The normalized spacial score (nSPS) is 11.7. The number of carboxylic acids is 1. The fourth-order valence-corrected chi connectivity index (χ4v) is 2.00. The van der Waals surface area contributed by atoms with Crippen molar-refractivity contribution in [1.82, 2.24) is 0 Å². The van der Waals surface area contributed by atoms with Crippen LogP contribution in [0.4, 0.5) is 5.69 Å². The van der Waals surface area contributed by atoms with E-state index in [0.717, 1.165) is 0 Å². The van der Waals surface area contributed by atoms with Crippen molar-refractivity contribution in [3.8, 4) is 0 Å².